The van der Waals surface area contributed by atoms with E-state index in [4.69, 9.17) is 4.74 Å². The molecular weight excluding hydrogens is 629 g/mol. The van der Waals surface area contributed by atoms with Gasteiger partial charge < -0.3 is 19.9 Å². The fourth-order valence-corrected chi connectivity index (χ4v) is 7.09. The lowest BCUT2D eigenvalue weighted by Crippen LogP contribution is -2.36. The van der Waals surface area contributed by atoms with Gasteiger partial charge in [-0.3, -0.25) is 9.69 Å². The Balaban J connectivity index is 1.39. The second-order valence-corrected chi connectivity index (χ2v) is 13.0. The van der Waals surface area contributed by atoms with Gasteiger partial charge in [0, 0.05) is 54.7 Å². The minimum atomic E-state index is -4.74. The molecular formula is C31H38F5N7O2S. The van der Waals surface area contributed by atoms with Crippen molar-refractivity contribution in [2.45, 2.75) is 77.3 Å². The first-order valence-electron chi connectivity index (χ1n) is 15.4. The topological polar surface area (TPSA) is 86.7 Å². The third kappa shape index (κ3) is 7.74. The zero-order chi connectivity index (χ0) is 33.2. The highest BCUT2D eigenvalue weighted by Crippen LogP contribution is 2.39. The van der Waals surface area contributed by atoms with E-state index < -0.39 is 23.4 Å². The summed E-state index contributed by atoms with van der Waals surface area (Å²) in [6, 6.07) is 2.94. The Kier molecular flexibility index (Phi) is 10.4. The quantitative estimate of drug-likeness (QED) is 0.183. The van der Waals surface area contributed by atoms with Crippen molar-refractivity contribution in [3.05, 3.63) is 46.6 Å². The molecule has 3 aromatic rings. The molecule has 5 rings (SSSR count). The van der Waals surface area contributed by atoms with Crippen LogP contribution in [0.5, 0.6) is 0 Å². The lowest BCUT2D eigenvalue weighted by molar-refractivity contribution is -0.143. The highest BCUT2D eigenvalue weighted by molar-refractivity contribution is 7.16. The van der Waals surface area contributed by atoms with Crippen molar-refractivity contribution in [2.75, 3.05) is 43.5 Å². The number of likely N-dealkylation sites (tertiary alicyclic amines) is 1. The van der Waals surface area contributed by atoms with Crippen molar-refractivity contribution in [2.24, 2.45) is 0 Å². The lowest BCUT2D eigenvalue weighted by atomic mass is 10.1. The van der Waals surface area contributed by atoms with Crippen LogP contribution in [0.3, 0.4) is 0 Å². The van der Waals surface area contributed by atoms with Gasteiger partial charge in [-0.15, -0.1) is 0 Å². The van der Waals surface area contributed by atoms with Gasteiger partial charge in [0.1, 0.15) is 12.1 Å². The first kappa shape index (κ1) is 33.9. The Morgan fingerprint density at radius 3 is 2.57 bits per heavy atom. The van der Waals surface area contributed by atoms with E-state index in [-0.39, 0.29) is 58.5 Å². The van der Waals surface area contributed by atoms with Gasteiger partial charge in [0.15, 0.2) is 16.8 Å². The van der Waals surface area contributed by atoms with Crippen LogP contribution in [-0.2, 0) is 22.3 Å². The van der Waals surface area contributed by atoms with Crippen LogP contribution in [0.25, 0.3) is 11.3 Å². The number of carbonyl (C=O) groups is 1. The second kappa shape index (κ2) is 14.1. The molecule has 0 bridgehead atoms. The SMILES string of the molecule is CCOC(=O)CCN(C)[C@H]1CCN(c2ncnc(Nc3nc(-c4cc(F)cc(C(F)(F)F)c4)c(CN4[C@H](C)CC[C@H]4C)s3)c2F)C1. The molecule has 9 nitrogen and oxygen atoms in total. The second-order valence-electron chi connectivity index (χ2n) is 11.9. The van der Waals surface area contributed by atoms with Crippen LogP contribution in [-0.4, -0.2) is 82.1 Å². The zero-order valence-corrected chi connectivity index (χ0v) is 27.0. The Morgan fingerprint density at radius 1 is 1.13 bits per heavy atom. The van der Waals surface area contributed by atoms with Gasteiger partial charge in [0.25, 0.3) is 0 Å². The summed E-state index contributed by atoms with van der Waals surface area (Å²) in [5.41, 5.74) is -0.919. The minimum Gasteiger partial charge on any atom is -0.466 e. The van der Waals surface area contributed by atoms with Crippen molar-refractivity contribution in [3.8, 4) is 11.3 Å². The van der Waals surface area contributed by atoms with E-state index in [2.05, 4.69) is 39.0 Å². The number of hydrogen-bond acceptors (Lipinski definition) is 10. The van der Waals surface area contributed by atoms with Crippen LogP contribution in [0.1, 0.15) is 56.9 Å². The van der Waals surface area contributed by atoms with Gasteiger partial charge in [-0.25, -0.2) is 19.3 Å². The van der Waals surface area contributed by atoms with Crippen molar-refractivity contribution in [1.29, 1.82) is 0 Å². The maximum Gasteiger partial charge on any atom is 0.416 e. The number of hydrogen-bond donors (Lipinski definition) is 1. The van der Waals surface area contributed by atoms with E-state index in [1.165, 1.54) is 17.7 Å². The summed E-state index contributed by atoms with van der Waals surface area (Å²) < 4.78 is 76.0. The number of anilines is 3. The molecule has 1 N–H and O–H groups in total. The minimum absolute atomic E-state index is 0.00911. The van der Waals surface area contributed by atoms with E-state index >= 15 is 4.39 Å². The van der Waals surface area contributed by atoms with Gasteiger partial charge in [-0.1, -0.05) is 11.3 Å². The van der Waals surface area contributed by atoms with Gasteiger partial charge in [-0.2, -0.15) is 17.6 Å². The van der Waals surface area contributed by atoms with Crippen molar-refractivity contribution < 1.29 is 31.5 Å². The van der Waals surface area contributed by atoms with Gasteiger partial charge in [0.2, 0.25) is 5.82 Å². The Morgan fingerprint density at radius 2 is 1.87 bits per heavy atom. The van der Waals surface area contributed by atoms with Crippen LogP contribution in [0.4, 0.5) is 38.7 Å². The monoisotopic (exact) mass is 667 g/mol. The molecule has 15 heteroatoms. The summed E-state index contributed by atoms with van der Waals surface area (Å²) in [6.45, 7) is 8.20. The molecule has 2 aliphatic rings. The molecule has 4 heterocycles. The first-order chi connectivity index (χ1) is 21.8. The maximum atomic E-state index is 15.9. The zero-order valence-electron chi connectivity index (χ0n) is 26.2. The summed E-state index contributed by atoms with van der Waals surface area (Å²) in [6.07, 6.45) is -0.540. The fourth-order valence-electron chi connectivity index (χ4n) is 6.10. The molecule has 0 unspecified atom stereocenters. The predicted molar refractivity (Wildman–Crippen MR) is 166 cm³/mol. The lowest BCUT2D eigenvalue weighted by Gasteiger charge is -2.25. The highest BCUT2D eigenvalue weighted by Gasteiger charge is 2.34. The number of aromatic nitrogens is 3. The number of nitrogens with one attached hydrogen (secondary N) is 1. The van der Waals surface area contributed by atoms with Crippen LogP contribution >= 0.6 is 11.3 Å². The molecule has 46 heavy (non-hydrogen) atoms. The number of halogens is 5. The average molecular weight is 668 g/mol. The number of benzene rings is 1. The molecule has 2 fully saturated rings. The predicted octanol–water partition coefficient (Wildman–Crippen LogP) is 6.48. The van der Waals surface area contributed by atoms with Crippen molar-refractivity contribution in [1.82, 2.24) is 24.8 Å². The molecule has 0 radical (unpaired) electrons. The van der Waals surface area contributed by atoms with Gasteiger partial charge >= 0.3 is 12.1 Å². The number of carbonyl (C=O) groups excluding carboxylic acids is 1. The molecule has 0 amide bonds. The molecule has 0 aliphatic carbocycles. The molecule has 0 saturated carbocycles. The van der Waals surface area contributed by atoms with E-state index in [1.54, 1.807) is 6.92 Å². The van der Waals surface area contributed by atoms with Crippen LogP contribution < -0.4 is 10.2 Å². The molecule has 0 spiro atoms. The van der Waals surface area contributed by atoms with Crippen LogP contribution in [0.2, 0.25) is 0 Å². The first-order valence-corrected chi connectivity index (χ1v) is 16.2. The Hall–Kier alpha value is -3.43. The number of likely N-dealkylation sites (N-methyl/N-ethyl adjacent to an activating group) is 1. The molecule has 2 aliphatic heterocycles. The largest absolute Gasteiger partial charge is 0.466 e. The van der Waals surface area contributed by atoms with Crippen molar-refractivity contribution >= 4 is 34.1 Å². The number of ether oxygens (including phenoxy) is 1. The summed E-state index contributed by atoms with van der Waals surface area (Å²) in [7, 11) is 1.91. The molecule has 1 aromatic carbocycles. The van der Waals surface area contributed by atoms with E-state index in [1.807, 2.05) is 16.8 Å². The van der Waals surface area contributed by atoms with Gasteiger partial charge in [0.05, 0.1) is 24.3 Å². The smallest absolute Gasteiger partial charge is 0.416 e. The molecule has 2 aromatic heterocycles. The molecule has 3 atom stereocenters. The number of esters is 1. The number of rotatable bonds is 11. The van der Waals surface area contributed by atoms with Crippen LogP contribution in [0, 0.1) is 11.6 Å². The summed E-state index contributed by atoms with van der Waals surface area (Å²) in [5, 5.41) is 3.12. The fraction of sp³-hybridized carbons (Fsp3) is 0.548. The van der Waals surface area contributed by atoms with E-state index in [9.17, 15) is 22.4 Å². The third-order valence-corrected chi connectivity index (χ3v) is 9.67. The Bertz CT molecular complexity index is 1530. The molecule has 2 saturated heterocycles. The standard InChI is InChI=1S/C31H38F5N7O2S/c1-5-45-25(44)9-10-41(4)23-8-11-42(15-23)29-26(33)28(37-17-38-29)40-30-39-27(20-12-21(31(34,35)36)14-22(32)13-20)24(46-30)16-43-18(2)6-7-19(43)3/h12-14,17-19,23H,5-11,15-16H2,1-4H3,(H,37,38,39,40)/t18-,19-,23+/m1/s1. The summed E-state index contributed by atoms with van der Waals surface area (Å²) in [4.78, 5) is 31.3. The van der Waals surface area contributed by atoms with Gasteiger partial charge in [-0.05, 0) is 65.3 Å². The average Bonchev–Trinajstić information content (AvgIpc) is 3.73. The third-order valence-electron chi connectivity index (χ3n) is 8.71. The normalized spacial score (nSPS) is 20.6. The number of nitrogens with zero attached hydrogens (tertiary/aromatic N) is 6. The maximum absolute atomic E-state index is 15.9. The van der Waals surface area contributed by atoms with Crippen LogP contribution in [0.15, 0.2) is 24.5 Å². The number of alkyl halides is 3. The molecule has 250 valence electrons. The van der Waals surface area contributed by atoms with E-state index in [0.29, 0.717) is 43.7 Å². The Labute approximate surface area is 268 Å². The number of thiazole rings is 1. The highest BCUT2D eigenvalue weighted by atomic mass is 32.1. The van der Waals surface area contributed by atoms with Crippen molar-refractivity contribution in [3.63, 3.8) is 0 Å². The summed E-state index contributed by atoms with van der Waals surface area (Å²) in [5.74, 6) is -2.01. The summed E-state index contributed by atoms with van der Waals surface area (Å²) >= 11 is 1.17. The van der Waals surface area contributed by atoms with E-state index in [0.717, 1.165) is 31.4 Å².